The molecule has 0 spiro atoms. The van der Waals surface area contributed by atoms with Crippen molar-refractivity contribution in [3.8, 4) is 0 Å². The van der Waals surface area contributed by atoms with Crippen LogP contribution in [0, 0.1) is 6.92 Å². The highest BCUT2D eigenvalue weighted by Gasteiger charge is 2.43. The zero-order chi connectivity index (χ0) is 11.0. The van der Waals surface area contributed by atoms with E-state index in [9.17, 15) is 0 Å². The minimum atomic E-state index is 0.833. The molecule has 2 fully saturated rings. The van der Waals surface area contributed by atoms with Crippen LogP contribution in [-0.2, 0) is 0 Å². The Bertz CT molecular complexity index is 365. The van der Waals surface area contributed by atoms with Crippen LogP contribution in [0.25, 0.3) is 0 Å². The van der Waals surface area contributed by atoms with Crippen LogP contribution in [0.1, 0.15) is 42.7 Å². The maximum absolute atomic E-state index is 2.72. The van der Waals surface area contributed by atoms with E-state index in [1.54, 1.807) is 5.56 Å². The Balaban J connectivity index is 1.69. The maximum Gasteiger partial charge on any atom is 0.0171 e. The molecule has 16 heavy (non-hydrogen) atoms. The first-order chi connectivity index (χ1) is 7.86. The first-order valence-corrected chi connectivity index (χ1v) is 6.66. The van der Waals surface area contributed by atoms with Crippen molar-refractivity contribution < 1.29 is 0 Å². The molecular weight excluding hydrogens is 194 g/mol. The number of hydrogen-bond acceptors (Lipinski definition) is 1. The third-order valence-corrected chi connectivity index (χ3v) is 4.20. The highest BCUT2D eigenvalue weighted by atomic mass is 15.2. The fourth-order valence-corrected chi connectivity index (χ4v) is 3.17. The first-order valence-electron chi connectivity index (χ1n) is 6.66. The zero-order valence-electron chi connectivity index (χ0n) is 10.2. The number of nitrogens with zero attached hydrogens (tertiary/aromatic N) is 1. The molecule has 86 valence electrons. The van der Waals surface area contributed by atoms with Gasteiger partial charge in [-0.05, 0) is 50.4 Å². The topological polar surface area (TPSA) is 3.24 Å². The summed E-state index contributed by atoms with van der Waals surface area (Å²) in [6.45, 7) is 4.93. The summed E-state index contributed by atoms with van der Waals surface area (Å²) in [4.78, 5) is 2.72. The van der Waals surface area contributed by atoms with Crippen molar-refractivity contribution in [2.24, 2.45) is 0 Å². The van der Waals surface area contributed by atoms with Crippen LogP contribution in [0.4, 0.5) is 0 Å². The van der Waals surface area contributed by atoms with Gasteiger partial charge in [0.25, 0.3) is 0 Å². The molecule has 2 unspecified atom stereocenters. The Kier molecular flexibility index (Phi) is 2.72. The van der Waals surface area contributed by atoms with Crippen LogP contribution in [-0.4, -0.2) is 24.0 Å². The summed E-state index contributed by atoms with van der Waals surface area (Å²) in [5.74, 6) is 0.833. The van der Waals surface area contributed by atoms with Crippen LogP contribution in [0.15, 0.2) is 24.3 Å². The Morgan fingerprint density at radius 1 is 1.06 bits per heavy atom. The van der Waals surface area contributed by atoms with Gasteiger partial charge in [0.05, 0.1) is 0 Å². The molecule has 1 nitrogen and oxygen atoms in total. The van der Waals surface area contributed by atoms with Crippen LogP contribution in [0.5, 0.6) is 0 Å². The van der Waals surface area contributed by atoms with Crippen LogP contribution in [0.3, 0.4) is 0 Å². The third kappa shape index (κ3) is 1.89. The predicted molar refractivity (Wildman–Crippen MR) is 67.7 cm³/mol. The van der Waals surface area contributed by atoms with Gasteiger partial charge in [-0.15, -0.1) is 0 Å². The zero-order valence-corrected chi connectivity index (χ0v) is 10.2. The molecule has 0 N–H and O–H groups in total. The number of benzene rings is 1. The summed E-state index contributed by atoms with van der Waals surface area (Å²) in [6, 6.07) is 9.78. The molecule has 1 saturated heterocycles. The Labute approximate surface area is 98.5 Å². The Morgan fingerprint density at radius 3 is 2.56 bits per heavy atom. The standard InChI is InChI=1S/C15H21N/c1-12-7-3-4-8-13(12)14-11-15(14)16-9-5-2-6-10-16/h3-4,7-8,14-15H,2,5-6,9-11H2,1H3. The van der Waals surface area contributed by atoms with Crippen molar-refractivity contribution in [3.05, 3.63) is 35.4 Å². The molecule has 0 aromatic heterocycles. The van der Waals surface area contributed by atoms with Crippen molar-refractivity contribution in [2.45, 2.75) is 44.6 Å². The summed E-state index contributed by atoms with van der Waals surface area (Å²) in [5.41, 5.74) is 3.07. The molecule has 1 aliphatic carbocycles. The Morgan fingerprint density at radius 2 is 1.81 bits per heavy atom. The van der Waals surface area contributed by atoms with Gasteiger partial charge in [0, 0.05) is 12.0 Å². The number of likely N-dealkylation sites (tertiary alicyclic amines) is 1. The van der Waals surface area contributed by atoms with Crippen molar-refractivity contribution in [2.75, 3.05) is 13.1 Å². The summed E-state index contributed by atoms with van der Waals surface area (Å²) in [5, 5.41) is 0. The number of piperidine rings is 1. The summed E-state index contributed by atoms with van der Waals surface area (Å²) in [6.07, 6.45) is 5.66. The number of hydrogen-bond donors (Lipinski definition) is 0. The van der Waals surface area contributed by atoms with Crippen LogP contribution in [0.2, 0.25) is 0 Å². The second kappa shape index (κ2) is 4.21. The summed E-state index contributed by atoms with van der Waals surface area (Å²) in [7, 11) is 0. The molecular formula is C15H21N. The van der Waals surface area contributed by atoms with Gasteiger partial charge in [-0.2, -0.15) is 0 Å². The van der Waals surface area contributed by atoms with E-state index in [2.05, 4.69) is 36.1 Å². The van der Waals surface area contributed by atoms with Gasteiger partial charge in [0.1, 0.15) is 0 Å². The molecule has 1 heteroatoms. The lowest BCUT2D eigenvalue weighted by atomic mass is 10.0. The van der Waals surface area contributed by atoms with E-state index < -0.39 is 0 Å². The lowest BCUT2D eigenvalue weighted by molar-refractivity contribution is 0.216. The van der Waals surface area contributed by atoms with E-state index in [1.165, 1.54) is 44.3 Å². The van der Waals surface area contributed by atoms with E-state index in [4.69, 9.17) is 0 Å². The van der Waals surface area contributed by atoms with Gasteiger partial charge < -0.3 is 0 Å². The van der Waals surface area contributed by atoms with E-state index in [1.807, 2.05) is 0 Å². The lowest BCUT2D eigenvalue weighted by Crippen LogP contribution is -2.32. The summed E-state index contributed by atoms with van der Waals surface area (Å²) >= 11 is 0. The van der Waals surface area contributed by atoms with E-state index in [0.717, 1.165) is 12.0 Å². The second-order valence-corrected chi connectivity index (χ2v) is 5.36. The molecule has 1 aliphatic heterocycles. The molecule has 2 aliphatic rings. The smallest absolute Gasteiger partial charge is 0.0171 e. The van der Waals surface area contributed by atoms with Crippen molar-refractivity contribution in [1.29, 1.82) is 0 Å². The molecule has 1 aromatic carbocycles. The third-order valence-electron chi connectivity index (χ3n) is 4.20. The molecule has 3 rings (SSSR count). The molecule has 0 amide bonds. The average Bonchev–Trinajstić information content (AvgIpc) is 3.11. The largest absolute Gasteiger partial charge is 0.300 e. The maximum atomic E-state index is 2.72. The lowest BCUT2D eigenvalue weighted by Gasteiger charge is -2.27. The van der Waals surface area contributed by atoms with Gasteiger partial charge in [-0.3, -0.25) is 4.90 Å². The predicted octanol–water partition coefficient (Wildman–Crippen LogP) is 3.34. The van der Waals surface area contributed by atoms with Gasteiger partial charge in [0.15, 0.2) is 0 Å². The normalized spacial score (nSPS) is 30.3. The van der Waals surface area contributed by atoms with Crippen molar-refractivity contribution in [3.63, 3.8) is 0 Å². The molecule has 0 bridgehead atoms. The van der Waals surface area contributed by atoms with Gasteiger partial charge >= 0.3 is 0 Å². The fraction of sp³-hybridized carbons (Fsp3) is 0.600. The van der Waals surface area contributed by atoms with E-state index in [0.29, 0.717) is 0 Å². The first kappa shape index (κ1) is 10.3. The molecule has 0 radical (unpaired) electrons. The average molecular weight is 215 g/mol. The van der Waals surface area contributed by atoms with Crippen molar-refractivity contribution in [1.82, 2.24) is 4.90 Å². The molecule has 1 aromatic rings. The van der Waals surface area contributed by atoms with Crippen LogP contribution >= 0.6 is 0 Å². The molecule has 2 atom stereocenters. The fourth-order valence-electron chi connectivity index (χ4n) is 3.17. The summed E-state index contributed by atoms with van der Waals surface area (Å²) < 4.78 is 0. The number of aryl methyl sites for hydroxylation is 1. The minimum Gasteiger partial charge on any atom is -0.300 e. The van der Waals surface area contributed by atoms with Gasteiger partial charge in [-0.1, -0.05) is 30.7 Å². The van der Waals surface area contributed by atoms with Crippen LogP contribution < -0.4 is 0 Å². The number of rotatable bonds is 2. The van der Waals surface area contributed by atoms with Gasteiger partial charge in [-0.25, -0.2) is 0 Å². The molecule has 1 saturated carbocycles. The highest BCUT2D eigenvalue weighted by molar-refractivity contribution is 5.35. The second-order valence-electron chi connectivity index (χ2n) is 5.36. The SMILES string of the molecule is Cc1ccccc1C1CC1N1CCCCC1. The minimum absolute atomic E-state index is 0.833. The Hall–Kier alpha value is -0.820. The monoisotopic (exact) mass is 215 g/mol. The van der Waals surface area contributed by atoms with E-state index in [-0.39, 0.29) is 0 Å². The van der Waals surface area contributed by atoms with Gasteiger partial charge in [0.2, 0.25) is 0 Å². The molecule has 1 heterocycles. The van der Waals surface area contributed by atoms with Crippen molar-refractivity contribution >= 4 is 0 Å². The quantitative estimate of drug-likeness (QED) is 0.731. The highest BCUT2D eigenvalue weighted by Crippen LogP contribution is 2.46. The van der Waals surface area contributed by atoms with E-state index >= 15 is 0 Å².